The average molecular weight is 198 g/mol. The molecule has 0 aromatic heterocycles. The van der Waals surface area contributed by atoms with Gasteiger partial charge in [0.25, 0.3) is 0 Å². The standard InChI is InChI=1S/C11H22N2O/c14-9-10-3-1-4-11(10)13-7-2-5-12-6-8-13/h10-12,14H,1-9H2. The lowest BCUT2D eigenvalue weighted by atomic mass is 10.0. The third kappa shape index (κ3) is 2.27. The molecule has 2 aliphatic rings. The number of aliphatic hydroxyl groups is 1. The Hall–Kier alpha value is -0.120. The van der Waals surface area contributed by atoms with Crippen LogP contribution in [-0.2, 0) is 0 Å². The first-order chi connectivity index (χ1) is 6.92. The molecule has 0 aromatic rings. The van der Waals surface area contributed by atoms with E-state index in [-0.39, 0.29) is 0 Å². The number of aliphatic hydroxyl groups excluding tert-OH is 1. The molecule has 1 aliphatic carbocycles. The van der Waals surface area contributed by atoms with Gasteiger partial charge in [0.2, 0.25) is 0 Å². The quantitative estimate of drug-likeness (QED) is 0.676. The molecule has 3 nitrogen and oxygen atoms in total. The molecule has 2 fully saturated rings. The van der Waals surface area contributed by atoms with Crippen LogP contribution in [0.3, 0.4) is 0 Å². The van der Waals surface area contributed by atoms with Crippen molar-refractivity contribution in [2.75, 3.05) is 32.8 Å². The molecule has 1 aliphatic heterocycles. The normalized spacial score (nSPS) is 35.8. The highest BCUT2D eigenvalue weighted by atomic mass is 16.3. The van der Waals surface area contributed by atoms with E-state index in [2.05, 4.69) is 10.2 Å². The van der Waals surface area contributed by atoms with Crippen molar-refractivity contribution in [2.45, 2.75) is 31.7 Å². The second kappa shape index (κ2) is 5.10. The van der Waals surface area contributed by atoms with E-state index in [1.807, 2.05) is 0 Å². The Balaban J connectivity index is 1.91. The molecule has 2 atom stereocenters. The van der Waals surface area contributed by atoms with Crippen LogP contribution in [0.5, 0.6) is 0 Å². The highest BCUT2D eigenvalue weighted by Gasteiger charge is 2.31. The maximum absolute atomic E-state index is 9.30. The molecule has 0 radical (unpaired) electrons. The summed E-state index contributed by atoms with van der Waals surface area (Å²) in [4.78, 5) is 2.59. The van der Waals surface area contributed by atoms with E-state index >= 15 is 0 Å². The van der Waals surface area contributed by atoms with Gasteiger partial charge in [-0.05, 0) is 38.3 Å². The zero-order chi connectivity index (χ0) is 9.80. The van der Waals surface area contributed by atoms with E-state index in [0.717, 1.165) is 13.1 Å². The van der Waals surface area contributed by atoms with Gasteiger partial charge in [-0.15, -0.1) is 0 Å². The molecule has 2 rings (SSSR count). The predicted molar refractivity (Wildman–Crippen MR) is 57.3 cm³/mol. The summed E-state index contributed by atoms with van der Waals surface area (Å²) in [5.74, 6) is 0.549. The van der Waals surface area contributed by atoms with Gasteiger partial charge in [-0.1, -0.05) is 6.42 Å². The van der Waals surface area contributed by atoms with Crippen molar-refractivity contribution >= 4 is 0 Å². The van der Waals surface area contributed by atoms with Crippen molar-refractivity contribution in [3.63, 3.8) is 0 Å². The van der Waals surface area contributed by atoms with Gasteiger partial charge < -0.3 is 10.4 Å². The minimum atomic E-state index is 0.384. The van der Waals surface area contributed by atoms with Gasteiger partial charge in [0.05, 0.1) is 0 Å². The SMILES string of the molecule is OCC1CCCC1N1CCCNCC1. The summed E-state index contributed by atoms with van der Waals surface area (Å²) in [5.41, 5.74) is 0. The van der Waals surface area contributed by atoms with E-state index in [1.165, 1.54) is 38.8 Å². The van der Waals surface area contributed by atoms with Gasteiger partial charge in [0.1, 0.15) is 0 Å². The summed E-state index contributed by atoms with van der Waals surface area (Å²) in [6, 6.07) is 0.667. The molecule has 0 bridgehead atoms. The number of nitrogens with zero attached hydrogens (tertiary/aromatic N) is 1. The zero-order valence-electron chi connectivity index (χ0n) is 8.91. The van der Waals surface area contributed by atoms with Crippen molar-refractivity contribution in [3.05, 3.63) is 0 Å². The van der Waals surface area contributed by atoms with Crippen molar-refractivity contribution in [1.82, 2.24) is 10.2 Å². The summed E-state index contributed by atoms with van der Waals surface area (Å²) in [6.45, 7) is 5.05. The Bertz CT molecular complexity index is 167. The molecule has 0 amide bonds. The van der Waals surface area contributed by atoms with Gasteiger partial charge >= 0.3 is 0 Å². The van der Waals surface area contributed by atoms with E-state index in [4.69, 9.17) is 0 Å². The smallest absolute Gasteiger partial charge is 0.0474 e. The Morgan fingerprint density at radius 3 is 2.93 bits per heavy atom. The fourth-order valence-corrected chi connectivity index (χ4v) is 2.91. The lowest BCUT2D eigenvalue weighted by Gasteiger charge is -2.31. The van der Waals surface area contributed by atoms with Crippen LogP contribution in [0, 0.1) is 5.92 Å². The Morgan fingerprint density at radius 1 is 1.14 bits per heavy atom. The second-order valence-corrected chi connectivity index (χ2v) is 4.58. The fraction of sp³-hybridized carbons (Fsp3) is 1.00. The molecule has 0 aromatic carbocycles. The summed E-state index contributed by atoms with van der Waals surface area (Å²) in [6.07, 6.45) is 5.09. The number of rotatable bonds is 2. The van der Waals surface area contributed by atoms with Crippen LogP contribution in [0.15, 0.2) is 0 Å². The molecule has 2 unspecified atom stereocenters. The Morgan fingerprint density at radius 2 is 2.07 bits per heavy atom. The van der Waals surface area contributed by atoms with Crippen LogP contribution >= 0.6 is 0 Å². The molecule has 0 spiro atoms. The van der Waals surface area contributed by atoms with Crippen LogP contribution in [0.4, 0.5) is 0 Å². The zero-order valence-corrected chi connectivity index (χ0v) is 8.91. The lowest BCUT2D eigenvalue weighted by Crippen LogP contribution is -2.41. The van der Waals surface area contributed by atoms with E-state index in [9.17, 15) is 5.11 Å². The number of hydrogen-bond donors (Lipinski definition) is 2. The lowest BCUT2D eigenvalue weighted by molar-refractivity contribution is 0.122. The molecule has 1 heterocycles. The highest BCUT2D eigenvalue weighted by Crippen LogP contribution is 2.29. The molecule has 2 N–H and O–H groups in total. The van der Waals surface area contributed by atoms with E-state index < -0.39 is 0 Å². The van der Waals surface area contributed by atoms with Crippen LogP contribution in [0.1, 0.15) is 25.7 Å². The van der Waals surface area contributed by atoms with E-state index in [0.29, 0.717) is 18.6 Å². The summed E-state index contributed by atoms with van der Waals surface area (Å²) in [7, 11) is 0. The summed E-state index contributed by atoms with van der Waals surface area (Å²) < 4.78 is 0. The first-order valence-electron chi connectivity index (χ1n) is 5.97. The number of hydrogen-bond acceptors (Lipinski definition) is 3. The van der Waals surface area contributed by atoms with Gasteiger partial charge in [-0.25, -0.2) is 0 Å². The summed E-state index contributed by atoms with van der Waals surface area (Å²) in [5, 5.41) is 12.7. The molecular weight excluding hydrogens is 176 g/mol. The topological polar surface area (TPSA) is 35.5 Å². The third-order valence-electron chi connectivity index (χ3n) is 3.70. The molecule has 82 valence electrons. The average Bonchev–Trinajstić information content (AvgIpc) is 2.52. The van der Waals surface area contributed by atoms with Crippen LogP contribution in [0.25, 0.3) is 0 Å². The van der Waals surface area contributed by atoms with Crippen molar-refractivity contribution < 1.29 is 5.11 Å². The molecule has 14 heavy (non-hydrogen) atoms. The van der Waals surface area contributed by atoms with Crippen LogP contribution < -0.4 is 5.32 Å². The molecule has 1 saturated carbocycles. The van der Waals surface area contributed by atoms with Crippen molar-refractivity contribution in [3.8, 4) is 0 Å². The molecular formula is C11H22N2O. The van der Waals surface area contributed by atoms with Gasteiger partial charge in [0, 0.05) is 25.7 Å². The Kier molecular flexibility index (Phi) is 3.79. The number of nitrogens with one attached hydrogen (secondary N) is 1. The minimum absolute atomic E-state index is 0.384. The van der Waals surface area contributed by atoms with E-state index in [1.54, 1.807) is 0 Å². The first kappa shape index (κ1) is 10.4. The first-order valence-corrected chi connectivity index (χ1v) is 5.97. The highest BCUT2D eigenvalue weighted by molar-refractivity contribution is 4.86. The van der Waals surface area contributed by atoms with Gasteiger partial charge in [-0.3, -0.25) is 4.90 Å². The largest absolute Gasteiger partial charge is 0.396 e. The minimum Gasteiger partial charge on any atom is -0.396 e. The molecule has 3 heteroatoms. The molecule has 1 saturated heterocycles. The van der Waals surface area contributed by atoms with Crippen molar-refractivity contribution in [1.29, 1.82) is 0 Å². The van der Waals surface area contributed by atoms with Gasteiger partial charge in [0.15, 0.2) is 0 Å². The second-order valence-electron chi connectivity index (χ2n) is 4.58. The van der Waals surface area contributed by atoms with Gasteiger partial charge in [-0.2, -0.15) is 0 Å². The van der Waals surface area contributed by atoms with Crippen LogP contribution in [-0.4, -0.2) is 48.8 Å². The maximum atomic E-state index is 9.30. The monoisotopic (exact) mass is 198 g/mol. The third-order valence-corrected chi connectivity index (χ3v) is 3.70. The van der Waals surface area contributed by atoms with Crippen molar-refractivity contribution in [2.24, 2.45) is 5.92 Å². The maximum Gasteiger partial charge on any atom is 0.0474 e. The predicted octanol–water partition coefficient (Wildman–Crippen LogP) is 0.443. The van der Waals surface area contributed by atoms with Crippen LogP contribution in [0.2, 0.25) is 0 Å². The summed E-state index contributed by atoms with van der Waals surface area (Å²) >= 11 is 0. The fourth-order valence-electron chi connectivity index (χ4n) is 2.91. The Labute approximate surface area is 86.5 Å².